The zero-order valence-electron chi connectivity index (χ0n) is 19.8. The fraction of sp³-hybridized carbons (Fsp3) is 0.267. The molecule has 5 heteroatoms. The van der Waals surface area contributed by atoms with Gasteiger partial charge in [-0.05, 0) is 104 Å². The molecular weight excluding hydrogens is 472 g/mol. The molecule has 0 saturated heterocycles. The zero-order chi connectivity index (χ0) is 24.2. The molecule has 3 aromatic carbocycles. The third-order valence-electron chi connectivity index (χ3n) is 7.17. The van der Waals surface area contributed by atoms with Gasteiger partial charge in [0.15, 0.2) is 0 Å². The molecule has 0 radical (unpaired) electrons. The molecule has 1 aliphatic rings. The Morgan fingerprint density at radius 2 is 1.69 bits per heavy atom. The number of rotatable bonds is 6. The van der Waals surface area contributed by atoms with E-state index in [1.54, 1.807) is 23.9 Å². The lowest BCUT2D eigenvalue weighted by Gasteiger charge is -2.32. The highest BCUT2D eigenvalue weighted by Gasteiger charge is 2.30. The Hall–Kier alpha value is -2.82. The van der Waals surface area contributed by atoms with Gasteiger partial charge in [0.2, 0.25) is 5.91 Å². The number of hydrogen-bond donors (Lipinski definition) is 1. The standard InChI is InChI=1S/C30H29ClN2OS/c1-20(30(34)33-24-13-11-23(31)12-14-24)21-7-9-22(10-8-21)27-17-18-32-29-16-15-26(19-28(27)29)35-25-5-3-2-4-6-25/h2-6,11-22H,7-10H2,1H3,(H,33,34). The van der Waals surface area contributed by atoms with Crippen LogP contribution in [0.4, 0.5) is 5.69 Å². The predicted molar refractivity (Wildman–Crippen MR) is 146 cm³/mol. The number of pyridine rings is 1. The summed E-state index contributed by atoms with van der Waals surface area (Å²) in [6.45, 7) is 2.06. The Morgan fingerprint density at radius 1 is 0.943 bits per heavy atom. The van der Waals surface area contributed by atoms with Crippen LogP contribution in [0.3, 0.4) is 0 Å². The summed E-state index contributed by atoms with van der Waals surface area (Å²) in [6, 6.07) is 26.6. The molecule has 1 saturated carbocycles. The Bertz CT molecular complexity index is 1300. The molecule has 1 atom stereocenters. The average Bonchev–Trinajstić information content (AvgIpc) is 2.90. The van der Waals surface area contributed by atoms with Gasteiger partial charge < -0.3 is 5.32 Å². The van der Waals surface area contributed by atoms with E-state index in [2.05, 4.69) is 65.8 Å². The third-order valence-corrected chi connectivity index (χ3v) is 8.42. The van der Waals surface area contributed by atoms with Gasteiger partial charge in [0.25, 0.3) is 0 Å². The van der Waals surface area contributed by atoms with Crippen LogP contribution in [0.15, 0.2) is 94.9 Å². The van der Waals surface area contributed by atoms with Crippen LogP contribution in [0, 0.1) is 11.8 Å². The fourth-order valence-electron chi connectivity index (χ4n) is 5.12. The molecule has 178 valence electrons. The number of halogens is 1. The largest absolute Gasteiger partial charge is 0.326 e. The van der Waals surface area contributed by atoms with Crippen LogP contribution >= 0.6 is 23.4 Å². The van der Waals surface area contributed by atoms with Gasteiger partial charge in [-0.3, -0.25) is 9.78 Å². The van der Waals surface area contributed by atoms with Crippen LogP contribution in [0.5, 0.6) is 0 Å². The van der Waals surface area contributed by atoms with Gasteiger partial charge in [-0.2, -0.15) is 0 Å². The summed E-state index contributed by atoms with van der Waals surface area (Å²) in [5, 5.41) is 4.98. The summed E-state index contributed by atoms with van der Waals surface area (Å²) in [5.41, 5.74) is 3.24. The first-order valence-corrected chi connectivity index (χ1v) is 13.4. The monoisotopic (exact) mass is 500 g/mol. The highest BCUT2D eigenvalue weighted by Crippen LogP contribution is 2.41. The van der Waals surface area contributed by atoms with E-state index in [0.717, 1.165) is 36.9 Å². The van der Waals surface area contributed by atoms with E-state index >= 15 is 0 Å². The minimum Gasteiger partial charge on any atom is -0.326 e. The SMILES string of the molecule is CC(C(=O)Nc1ccc(Cl)cc1)C1CCC(c2ccnc3ccc(Sc4ccccc4)cc23)CC1. The molecule has 1 aromatic heterocycles. The molecule has 1 amide bonds. The summed E-state index contributed by atoms with van der Waals surface area (Å²) in [5.74, 6) is 0.971. The average molecular weight is 501 g/mol. The van der Waals surface area contributed by atoms with Crippen molar-refractivity contribution in [3.63, 3.8) is 0 Å². The minimum atomic E-state index is -0.0188. The molecule has 35 heavy (non-hydrogen) atoms. The van der Waals surface area contributed by atoms with E-state index in [0.29, 0.717) is 16.9 Å². The van der Waals surface area contributed by atoms with Crippen molar-refractivity contribution in [2.45, 2.75) is 48.3 Å². The van der Waals surface area contributed by atoms with E-state index in [-0.39, 0.29) is 11.8 Å². The molecule has 4 aromatic rings. The number of carbonyl (C=O) groups is 1. The number of nitrogens with zero attached hydrogens (tertiary/aromatic N) is 1. The number of aromatic nitrogens is 1. The number of carbonyl (C=O) groups excluding carboxylic acids is 1. The maximum atomic E-state index is 12.9. The lowest BCUT2D eigenvalue weighted by molar-refractivity contribution is -0.121. The molecule has 0 aliphatic heterocycles. The van der Waals surface area contributed by atoms with Gasteiger partial charge in [0, 0.05) is 38.0 Å². The molecule has 1 fully saturated rings. The van der Waals surface area contributed by atoms with E-state index in [4.69, 9.17) is 11.6 Å². The lowest BCUT2D eigenvalue weighted by Crippen LogP contribution is -2.29. The summed E-state index contributed by atoms with van der Waals surface area (Å²) in [7, 11) is 0. The highest BCUT2D eigenvalue weighted by atomic mass is 35.5. The Labute approximate surface area is 216 Å². The Balaban J connectivity index is 1.26. The Morgan fingerprint density at radius 3 is 2.43 bits per heavy atom. The first-order chi connectivity index (χ1) is 17.1. The van der Waals surface area contributed by atoms with Crippen molar-refractivity contribution in [2.75, 3.05) is 5.32 Å². The Kier molecular flexibility index (Phi) is 7.40. The van der Waals surface area contributed by atoms with Crippen LogP contribution in [0.1, 0.15) is 44.1 Å². The molecule has 0 spiro atoms. The normalized spacial score (nSPS) is 18.8. The second-order valence-corrected chi connectivity index (χ2v) is 11.0. The fourth-order valence-corrected chi connectivity index (χ4v) is 6.13. The molecule has 1 unspecified atom stereocenters. The number of nitrogens with one attached hydrogen (secondary N) is 1. The van der Waals surface area contributed by atoms with E-state index in [9.17, 15) is 4.79 Å². The second-order valence-electron chi connectivity index (χ2n) is 9.39. The van der Waals surface area contributed by atoms with Crippen LogP contribution in [-0.2, 0) is 4.79 Å². The highest BCUT2D eigenvalue weighted by molar-refractivity contribution is 7.99. The summed E-state index contributed by atoms with van der Waals surface area (Å²) in [6.07, 6.45) is 6.25. The summed E-state index contributed by atoms with van der Waals surface area (Å²) >= 11 is 7.75. The predicted octanol–water partition coefficient (Wildman–Crippen LogP) is 8.59. The number of hydrogen-bond acceptors (Lipinski definition) is 3. The number of fused-ring (bicyclic) bond motifs is 1. The summed E-state index contributed by atoms with van der Waals surface area (Å²) in [4.78, 5) is 20.0. The molecule has 3 nitrogen and oxygen atoms in total. The number of amides is 1. The van der Waals surface area contributed by atoms with Gasteiger partial charge in [0.05, 0.1) is 5.52 Å². The van der Waals surface area contributed by atoms with Gasteiger partial charge in [-0.15, -0.1) is 0 Å². The molecule has 0 bridgehead atoms. The van der Waals surface area contributed by atoms with Crippen molar-refractivity contribution in [1.82, 2.24) is 4.98 Å². The number of anilines is 1. The molecule has 5 rings (SSSR count). The molecular formula is C30H29ClN2OS. The van der Waals surface area contributed by atoms with Crippen LogP contribution < -0.4 is 5.32 Å². The van der Waals surface area contributed by atoms with Crippen LogP contribution in [0.25, 0.3) is 10.9 Å². The minimum absolute atomic E-state index is 0.0188. The van der Waals surface area contributed by atoms with E-state index in [1.165, 1.54) is 20.7 Å². The lowest BCUT2D eigenvalue weighted by atomic mass is 9.73. The first kappa shape index (κ1) is 23.9. The topological polar surface area (TPSA) is 42.0 Å². The maximum absolute atomic E-state index is 12.9. The van der Waals surface area contributed by atoms with Crippen molar-refractivity contribution in [3.05, 3.63) is 95.6 Å². The van der Waals surface area contributed by atoms with Gasteiger partial charge >= 0.3 is 0 Å². The second kappa shape index (κ2) is 10.8. The van der Waals surface area contributed by atoms with E-state index < -0.39 is 0 Å². The van der Waals surface area contributed by atoms with Crippen molar-refractivity contribution in [2.24, 2.45) is 11.8 Å². The quantitative estimate of drug-likeness (QED) is 0.288. The van der Waals surface area contributed by atoms with Crippen molar-refractivity contribution >= 4 is 45.9 Å². The smallest absolute Gasteiger partial charge is 0.227 e. The third kappa shape index (κ3) is 5.71. The van der Waals surface area contributed by atoms with Crippen LogP contribution in [0.2, 0.25) is 5.02 Å². The molecule has 1 aliphatic carbocycles. The summed E-state index contributed by atoms with van der Waals surface area (Å²) < 4.78 is 0. The number of benzene rings is 3. The molecule has 1 heterocycles. The van der Waals surface area contributed by atoms with E-state index in [1.807, 2.05) is 24.4 Å². The van der Waals surface area contributed by atoms with Gasteiger partial charge in [-0.1, -0.05) is 48.5 Å². The first-order valence-electron chi connectivity index (χ1n) is 12.2. The van der Waals surface area contributed by atoms with Crippen molar-refractivity contribution in [3.8, 4) is 0 Å². The zero-order valence-corrected chi connectivity index (χ0v) is 21.4. The van der Waals surface area contributed by atoms with Crippen LogP contribution in [-0.4, -0.2) is 10.9 Å². The van der Waals surface area contributed by atoms with Crippen molar-refractivity contribution < 1.29 is 4.79 Å². The maximum Gasteiger partial charge on any atom is 0.227 e. The van der Waals surface area contributed by atoms with Gasteiger partial charge in [0.1, 0.15) is 0 Å². The van der Waals surface area contributed by atoms with Gasteiger partial charge in [-0.25, -0.2) is 0 Å². The van der Waals surface area contributed by atoms with Crippen molar-refractivity contribution in [1.29, 1.82) is 0 Å². The molecule has 1 N–H and O–H groups in total.